The van der Waals surface area contributed by atoms with Gasteiger partial charge in [0.1, 0.15) is 11.4 Å². The van der Waals surface area contributed by atoms with Gasteiger partial charge in [0.15, 0.2) is 0 Å². The van der Waals surface area contributed by atoms with Crippen LogP contribution in [0.4, 0.5) is 14.9 Å². The maximum atomic E-state index is 13.9. The monoisotopic (exact) mass is 345 g/mol. The van der Waals surface area contributed by atoms with Gasteiger partial charge in [-0.1, -0.05) is 6.07 Å². The van der Waals surface area contributed by atoms with Crippen molar-refractivity contribution in [2.24, 2.45) is 0 Å². The Bertz CT molecular complexity index is 758. The number of rotatable bonds is 4. The molecule has 132 valence electrons. The summed E-state index contributed by atoms with van der Waals surface area (Å²) in [5.74, 6) is -1.05. The highest BCUT2D eigenvalue weighted by Crippen LogP contribution is 2.18. The normalized spacial score (nSPS) is 10.9. The zero-order valence-electron chi connectivity index (χ0n) is 14.3. The number of nitrogens with zero attached hydrogens (tertiary/aromatic N) is 1. The predicted octanol–water partition coefficient (Wildman–Crippen LogP) is 3.50. The van der Waals surface area contributed by atoms with E-state index in [0.717, 1.165) is 11.6 Å². The van der Waals surface area contributed by atoms with Crippen molar-refractivity contribution in [3.63, 3.8) is 0 Å². The number of carbonyl (C=O) groups is 2. The molecule has 1 heterocycles. The Hall–Kier alpha value is -2.96. The van der Waals surface area contributed by atoms with E-state index in [1.165, 1.54) is 12.1 Å². The largest absolute Gasteiger partial charge is 0.444 e. The van der Waals surface area contributed by atoms with E-state index < -0.39 is 23.4 Å². The molecule has 0 spiro atoms. The molecule has 0 saturated carbocycles. The van der Waals surface area contributed by atoms with Crippen molar-refractivity contribution in [1.29, 1.82) is 0 Å². The molecule has 25 heavy (non-hydrogen) atoms. The van der Waals surface area contributed by atoms with Gasteiger partial charge in [-0.25, -0.2) is 9.18 Å². The number of halogens is 1. The number of amides is 2. The van der Waals surface area contributed by atoms with Gasteiger partial charge in [0.2, 0.25) is 0 Å². The lowest BCUT2D eigenvalue weighted by atomic mass is 10.1. The van der Waals surface area contributed by atoms with Crippen LogP contribution in [0.5, 0.6) is 0 Å². The SMILES string of the molecule is CC(C)(C)OC(=O)Nc1cc(C(=O)NCc2cccnc2)ccc1F. The average Bonchev–Trinajstić information content (AvgIpc) is 2.54. The van der Waals surface area contributed by atoms with E-state index in [0.29, 0.717) is 6.54 Å². The Morgan fingerprint density at radius 3 is 2.64 bits per heavy atom. The van der Waals surface area contributed by atoms with E-state index in [2.05, 4.69) is 15.6 Å². The molecule has 0 atom stereocenters. The summed E-state index contributed by atoms with van der Waals surface area (Å²) in [6, 6.07) is 7.31. The molecule has 6 nitrogen and oxygen atoms in total. The van der Waals surface area contributed by atoms with E-state index in [-0.39, 0.29) is 11.3 Å². The standard InChI is InChI=1S/C18H20FN3O3/c1-18(2,3)25-17(24)22-15-9-13(6-7-14(15)19)16(23)21-11-12-5-4-8-20-10-12/h4-10H,11H2,1-3H3,(H,21,23)(H,22,24). The highest BCUT2D eigenvalue weighted by Gasteiger charge is 2.18. The molecule has 0 radical (unpaired) electrons. The summed E-state index contributed by atoms with van der Waals surface area (Å²) < 4.78 is 18.9. The van der Waals surface area contributed by atoms with E-state index in [1.54, 1.807) is 39.2 Å². The van der Waals surface area contributed by atoms with Gasteiger partial charge in [-0.15, -0.1) is 0 Å². The fourth-order valence-corrected chi connectivity index (χ4v) is 1.96. The number of benzene rings is 1. The molecule has 0 aliphatic carbocycles. The Morgan fingerprint density at radius 2 is 2.00 bits per heavy atom. The van der Waals surface area contributed by atoms with E-state index >= 15 is 0 Å². The summed E-state index contributed by atoms with van der Waals surface area (Å²) in [5.41, 5.74) is 0.226. The van der Waals surface area contributed by atoms with Crippen LogP contribution in [0.3, 0.4) is 0 Å². The van der Waals surface area contributed by atoms with Crippen molar-refractivity contribution in [1.82, 2.24) is 10.3 Å². The highest BCUT2D eigenvalue weighted by atomic mass is 19.1. The summed E-state index contributed by atoms with van der Waals surface area (Å²) in [5, 5.41) is 5.02. The number of hydrogen-bond acceptors (Lipinski definition) is 4. The Labute approximate surface area is 145 Å². The Kier molecular flexibility index (Phi) is 5.69. The first-order valence-corrected chi connectivity index (χ1v) is 7.71. The van der Waals surface area contributed by atoms with Gasteiger partial charge in [0, 0.05) is 24.5 Å². The summed E-state index contributed by atoms with van der Waals surface area (Å²) in [4.78, 5) is 27.9. The second-order valence-corrected chi connectivity index (χ2v) is 6.37. The van der Waals surface area contributed by atoms with Crippen LogP contribution in [-0.2, 0) is 11.3 Å². The summed E-state index contributed by atoms with van der Waals surface area (Å²) in [6.07, 6.45) is 2.49. The molecule has 2 N–H and O–H groups in total. The quantitative estimate of drug-likeness (QED) is 0.889. The topological polar surface area (TPSA) is 80.3 Å². The summed E-state index contributed by atoms with van der Waals surface area (Å²) >= 11 is 0. The average molecular weight is 345 g/mol. The molecular weight excluding hydrogens is 325 g/mol. The minimum Gasteiger partial charge on any atom is -0.444 e. The minimum absolute atomic E-state index is 0.122. The van der Waals surface area contributed by atoms with Crippen LogP contribution < -0.4 is 10.6 Å². The number of carbonyl (C=O) groups excluding carboxylic acids is 2. The van der Waals surface area contributed by atoms with Crippen LogP contribution in [0, 0.1) is 5.82 Å². The molecule has 0 bridgehead atoms. The summed E-state index contributed by atoms with van der Waals surface area (Å²) in [7, 11) is 0. The van der Waals surface area contributed by atoms with Crippen LogP contribution in [0.25, 0.3) is 0 Å². The zero-order chi connectivity index (χ0) is 18.4. The van der Waals surface area contributed by atoms with Crippen molar-refractivity contribution in [3.05, 3.63) is 59.7 Å². The highest BCUT2D eigenvalue weighted by molar-refractivity contribution is 5.96. The third kappa shape index (κ3) is 5.87. The maximum absolute atomic E-state index is 13.9. The second kappa shape index (κ2) is 7.74. The molecule has 2 amide bonds. The van der Waals surface area contributed by atoms with Gasteiger partial charge >= 0.3 is 6.09 Å². The summed E-state index contributed by atoms with van der Waals surface area (Å²) in [6.45, 7) is 5.39. The molecule has 0 aliphatic heterocycles. The molecule has 0 saturated heterocycles. The molecule has 0 unspecified atom stereocenters. The number of aromatic nitrogens is 1. The third-order valence-corrected chi connectivity index (χ3v) is 3.04. The lowest BCUT2D eigenvalue weighted by molar-refractivity contribution is 0.0634. The number of anilines is 1. The van der Waals surface area contributed by atoms with Crippen molar-refractivity contribution < 1.29 is 18.7 Å². The number of pyridine rings is 1. The number of nitrogens with one attached hydrogen (secondary N) is 2. The van der Waals surface area contributed by atoms with Crippen LogP contribution in [0.2, 0.25) is 0 Å². The molecular formula is C18H20FN3O3. The third-order valence-electron chi connectivity index (χ3n) is 3.04. The van der Waals surface area contributed by atoms with Gasteiger partial charge in [-0.2, -0.15) is 0 Å². The molecule has 2 rings (SSSR count). The van der Waals surface area contributed by atoms with Gasteiger partial charge in [0.05, 0.1) is 5.69 Å². The van der Waals surface area contributed by atoms with Crippen molar-refractivity contribution in [2.75, 3.05) is 5.32 Å². The molecule has 0 fully saturated rings. The first kappa shape index (κ1) is 18.4. The number of ether oxygens (including phenoxy) is 1. The lowest BCUT2D eigenvalue weighted by Gasteiger charge is -2.20. The zero-order valence-corrected chi connectivity index (χ0v) is 14.3. The maximum Gasteiger partial charge on any atom is 0.412 e. The van der Waals surface area contributed by atoms with Gasteiger partial charge in [-0.05, 0) is 50.6 Å². The van der Waals surface area contributed by atoms with E-state index in [4.69, 9.17) is 4.74 Å². The smallest absolute Gasteiger partial charge is 0.412 e. The van der Waals surface area contributed by atoms with E-state index in [1.807, 2.05) is 6.07 Å². The second-order valence-electron chi connectivity index (χ2n) is 6.37. The molecule has 1 aromatic carbocycles. The molecule has 7 heteroatoms. The lowest BCUT2D eigenvalue weighted by Crippen LogP contribution is -2.28. The van der Waals surface area contributed by atoms with Gasteiger partial charge < -0.3 is 10.1 Å². The van der Waals surface area contributed by atoms with Crippen LogP contribution in [0.15, 0.2) is 42.7 Å². The fraction of sp³-hybridized carbons (Fsp3) is 0.278. The first-order chi connectivity index (χ1) is 11.7. The van der Waals surface area contributed by atoms with Crippen LogP contribution >= 0.6 is 0 Å². The van der Waals surface area contributed by atoms with Crippen molar-refractivity contribution in [3.8, 4) is 0 Å². The van der Waals surface area contributed by atoms with Crippen molar-refractivity contribution >= 4 is 17.7 Å². The molecule has 0 aliphatic rings. The molecule has 1 aromatic heterocycles. The Balaban J connectivity index is 2.04. The minimum atomic E-state index is -0.792. The van der Waals surface area contributed by atoms with Gasteiger partial charge in [0.25, 0.3) is 5.91 Å². The van der Waals surface area contributed by atoms with Gasteiger partial charge in [-0.3, -0.25) is 15.1 Å². The van der Waals surface area contributed by atoms with Crippen LogP contribution in [-0.4, -0.2) is 22.6 Å². The number of hydrogen-bond donors (Lipinski definition) is 2. The fourth-order valence-electron chi connectivity index (χ4n) is 1.96. The predicted molar refractivity (Wildman–Crippen MR) is 91.7 cm³/mol. The van der Waals surface area contributed by atoms with Crippen molar-refractivity contribution in [2.45, 2.75) is 32.9 Å². The first-order valence-electron chi connectivity index (χ1n) is 7.71. The Morgan fingerprint density at radius 1 is 1.24 bits per heavy atom. The van der Waals surface area contributed by atoms with Crippen LogP contribution in [0.1, 0.15) is 36.7 Å². The van der Waals surface area contributed by atoms with E-state index in [9.17, 15) is 14.0 Å². The molecule has 2 aromatic rings.